The Morgan fingerprint density at radius 2 is 1.95 bits per heavy atom. The summed E-state index contributed by atoms with van der Waals surface area (Å²) in [4.78, 5) is 28.9. The predicted molar refractivity (Wildman–Crippen MR) is 80.8 cm³/mol. The van der Waals surface area contributed by atoms with Crippen molar-refractivity contribution < 1.29 is 66.1 Å². The van der Waals surface area contributed by atoms with Crippen LogP contribution in [0, 0.1) is 0 Å². The number of hydrogen-bond donors (Lipinski definition) is 1. The van der Waals surface area contributed by atoms with Crippen LogP contribution in [0.4, 0.5) is 4.79 Å². The topological polar surface area (TPSA) is 88.3 Å². The van der Waals surface area contributed by atoms with Crippen LogP contribution in [0.5, 0.6) is 0 Å². The number of carbonyl (C=O) groups is 2. The van der Waals surface area contributed by atoms with Gasteiger partial charge in [0.2, 0.25) is 0 Å². The van der Waals surface area contributed by atoms with Crippen LogP contribution in [0.3, 0.4) is 0 Å². The van der Waals surface area contributed by atoms with Gasteiger partial charge >= 0.3 is 63.4 Å². The molecule has 1 aromatic heterocycles. The van der Waals surface area contributed by atoms with Crippen LogP contribution in [0.1, 0.15) is 39.9 Å². The van der Waals surface area contributed by atoms with Crippen molar-refractivity contribution in [3.63, 3.8) is 0 Å². The Labute approximate surface area is 177 Å². The van der Waals surface area contributed by atoms with Crippen molar-refractivity contribution >= 4 is 23.8 Å². The molecule has 1 N–H and O–H groups in total. The third kappa shape index (κ3) is 5.31. The van der Waals surface area contributed by atoms with Gasteiger partial charge in [0.05, 0.1) is 0 Å². The molecule has 1 rings (SSSR count). The quantitative estimate of drug-likeness (QED) is 0.543. The smallest absolute Gasteiger partial charge is 0.480 e. The standard InChI is InChI=1S/C13H22N4O3S.K/c1-7-13(3,4)10-14-11(21-8(2)9(18)19)17(15-10)12(20)16(5)6;/h8H,7H2,1-6H3,(H,18,19);/q;+1. The van der Waals surface area contributed by atoms with Gasteiger partial charge in [-0.15, -0.1) is 5.10 Å². The molecule has 0 saturated carbocycles. The zero-order valence-electron chi connectivity index (χ0n) is 14.2. The molecule has 1 unspecified atom stereocenters. The fraction of sp³-hybridized carbons (Fsp3) is 0.692. The maximum atomic E-state index is 12.2. The molecule has 1 amide bonds. The molecule has 0 aliphatic carbocycles. The van der Waals surface area contributed by atoms with E-state index in [4.69, 9.17) is 5.11 Å². The van der Waals surface area contributed by atoms with Crippen LogP contribution in [0.15, 0.2) is 5.16 Å². The number of carboxylic acids is 1. The first-order valence-corrected chi connectivity index (χ1v) is 7.56. The summed E-state index contributed by atoms with van der Waals surface area (Å²) in [5, 5.41) is 12.9. The third-order valence-corrected chi connectivity index (χ3v) is 4.29. The Kier molecular flexibility index (Phi) is 8.82. The van der Waals surface area contributed by atoms with E-state index in [0.717, 1.165) is 18.2 Å². The van der Waals surface area contributed by atoms with Crippen molar-refractivity contribution in [3.8, 4) is 0 Å². The second kappa shape index (κ2) is 8.79. The van der Waals surface area contributed by atoms with E-state index in [1.54, 1.807) is 21.0 Å². The first-order chi connectivity index (χ1) is 9.60. The summed E-state index contributed by atoms with van der Waals surface area (Å²) in [5.74, 6) is -0.413. The second-order valence-corrected chi connectivity index (χ2v) is 6.95. The van der Waals surface area contributed by atoms with E-state index in [1.165, 1.54) is 9.58 Å². The van der Waals surface area contributed by atoms with Gasteiger partial charge in [-0.2, -0.15) is 4.68 Å². The SMILES string of the molecule is CCC(C)(C)c1nc(SC(C)C(=O)O)n(C(=O)N(C)C)n1.[K+]. The van der Waals surface area contributed by atoms with Gasteiger partial charge in [0.25, 0.3) is 0 Å². The molecule has 118 valence electrons. The number of aliphatic carboxylic acids is 1. The molecule has 1 atom stereocenters. The van der Waals surface area contributed by atoms with Gasteiger partial charge in [-0.1, -0.05) is 32.5 Å². The van der Waals surface area contributed by atoms with E-state index < -0.39 is 11.2 Å². The number of nitrogens with zero attached hydrogens (tertiary/aromatic N) is 4. The van der Waals surface area contributed by atoms with Crippen molar-refractivity contribution in [1.82, 2.24) is 19.7 Å². The second-order valence-electron chi connectivity index (χ2n) is 5.64. The van der Waals surface area contributed by atoms with Crippen molar-refractivity contribution in [2.24, 2.45) is 0 Å². The number of amides is 1. The molecule has 0 aliphatic heterocycles. The Morgan fingerprint density at radius 3 is 2.36 bits per heavy atom. The Morgan fingerprint density at radius 1 is 1.41 bits per heavy atom. The van der Waals surface area contributed by atoms with Crippen LogP contribution in [-0.4, -0.2) is 56.1 Å². The zero-order valence-corrected chi connectivity index (χ0v) is 18.2. The Bertz CT molecular complexity index is 545. The van der Waals surface area contributed by atoms with E-state index in [-0.39, 0.29) is 62.8 Å². The van der Waals surface area contributed by atoms with Gasteiger partial charge in [-0.3, -0.25) is 4.79 Å². The van der Waals surface area contributed by atoms with Crippen molar-refractivity contribution in [1.29, 1.82) is 0 Å². The van der Waals surface area contributed by atoms with Crippen LogP contribution in [-0.2, 0) is 10.2 Å². The number of aromatic nitrogens is 3. The Hall–Kier alpha value is 0.0664. The number of hydrogen-bond acceptors (Lipinski definition) is 5. The molecule has 0 fully saturated rings. The molecule has 1 aromatic rings. The third-order valence-electron chi connectivity index (χ3n) is 3.26. The minimum Gasteiger partial charge on any atom is -0.480 e. The molecule has 9 heteroatoms. The van der Waals surface area contributed by atoms with Gasteiger partial charge in [0, 0.05) is 19.5 Å². The normalized spacial score (nSPS) is 12.5. The van der Waals surface area contributed by atoms with Crippen LogP contribution in [0.2, 0.25) is 0 Å². The average Bonchev–Trinajstić information content (AvgIpc) is 2.82. The minimum atomic E-state index is -0.955. The molecule has 0 aliphatic rings. The summed E-state index contributed by atoms with van der Waals surface area (Å²) >= 11 is 1.01. The van der Waals surface area contributed by atoms with Crippen LogP contribution >= 0.6 is 11.8 Å². The maximum Gasteiger partial charge on any atom is 1.00 e. The first kappa shape index (κ1) is 22.1. The largest absolute Gasteiger partial charge is 1.00 e. The number of carbonyl (C=O) groups excluding carboxylic acids is 1. The van der Waals surface area contributed by atoms with E-state index >= 15 is 0 Å². The summed E-state index contributed by atoms with van der Waals surface area (Å²) in [7, 11) is 3.23. The van der Waals surface area contributed by atoms with E-state index in [2.05, 4.69) is 10.1 Å². The summed E-state index contributed by atoms with van der Waals surface area (Å²) < 4.78 is 1.18. The predicted octanol–water partition coefficient (Wildman–Crippen LogP) is -0.935. The summed E-state index contributed by atoms with van der Waals surface area (Å²) in [6, 6.07) is -0.347. The monoisotopic (exact) mass is 353 g/mol. The van der Waals surface area contributed by atoms with E-state index in [1.807, 2.05) is 20.8 Å². The number of rotatable bonds is 5. The minimum absolute atomic E-state index is 0. The molecule has 7 nitrogen and oxygen atoms in total. The summed E-state index contributed by atoms with van der Waals surface area (Å²) in [6.07, 6.45) is 0.811. The van der Waals surface area contributed by atoms with Crippen molar-refractivity contribution in [2.45, 2.75) is 49.9 Å². The van der Waals surface area contributed by atoms with Gasteiger partial charge in [0.15, 0.2) is 11.0 Å². The molecule has 0 saturated heterocycles. The molecular formula is C13H22KN4O3S+. The first-order valence-electron chi connectivity index (χ1n) is 6.68. The van der Waals surface area contributed by atoms with Crippen molar-refractivity contribution in [2.75, 3.05) is 14.1 Å². The molecule has 22 heavy (non-hydrogen) atoms. The van der Waals surface area contributed by atoms with Crippen molar-refractivity contribution in [3.05, 3.63) is 5.82 Å². The fourth-order valence-corrected chi connectivity index (χ4v) is 2.12. The van der Waals surface area contributed by atoms with Gasteiger partial charge in [-0.25, -0.2) is 9.78 Å². The average molecular weight is 354 g/mol. The zero-order chi connectivity index (χ0) is 16.4. The van der Waals surface area contributed by atoms with E-state index in [0.29, 0.717) is 11.0 Å². The molecule has 0 radical (unpaired) electrons. The van der Waals surface area contributed by atoms with Gasteiger partial charge in [0.1, 0.15) is 5.25 Å². The fourth-order valence-electron chi connectivity index (χ4n) is 1.34. The summed E-state index contributed by atoms with van der Waals surface area (Å²) in [6.45, 7) is 7.54. The maximum absolute atomic E-state index is 12.2. The molecule has 0 spiro atoms. The van der Waals surface area contributed by atoms with Crippen LogP contribution < -0.4 is 51.4 Å². The molecule has 0 aromatic carbocycles. The van der Waals surface area contributed by atoms with E-state index in [9.17, 15) is 9.59 Å². The molecule has 0 bridgehead atoms. The van der Waals surface area contributed by atoms with Gasteiger partial charge in [-0.05, 0) is 13.3 Å². The van der Waals surface area contributed by atoms with Crippen LogP contribution in [0.25, 0.3) is 0 Å². The summed E-state index contributed by atoms with van der Waals surface area (Å²) in [5.41, 5.74) is -0.278. The molecule has 1 heterocycles. The van der Waals surface area contributed by atoms with Gasteiger partial charge < -0.3 is 10.0 Å². The Balaban J connectivity index is 0.00000441. The molecular weight excluding hydrogens is 331 g/mol. The number of thioether (sulfide) groups is 1. The number of carboxylic acid groups (broad SMARTS) is 1.